The average Bonchev–Trinajstić information content (AvgIpc) is 2.43. The van der Waals surface area contributed by atoms with Gasteiger partial charge in [-0.15, -0.1) is 0 Å². The molecule has 0 aromatic heterocycles. The Hall–Kier alpha value is -1.03. The summed E-state index contributed by atoms with van der Waals surface area (Å²) in [6.45, 7) is 5.05. The molecule has 1 aromatic carbocycles. The van der Waals surface area contributed by atoms with E-state index in [1.807, 2.05) is 24.3 Å². The molecule has 0 aliphatic carbocycles. The van der Waals surface area contributed by atoms with Crippen molar-refractivity contribution in [1.29, 1.82) is 0 Å². The summed E-state index contributed by atoms with van der Waals surface area (Å²) in [4.78, 5) is 11.8. The number of hydrogen-bond donors (Lipinski definition) is 1. The Morgan fingerprint density at radius 1 is 1.30 bits per heavy atom. The van der Waals surface area contributed by atoms with E-state index in [2.05, 4.69) is 35.1 Å². The summed E-state index contributed by atoms with van der Waals surface area (Å²) >= 11 is 3.44. The number of aryl methyl sites for hydroxylation is 1. The topological polar surface area (TPSA) is 38.3 Å². The Bertz CT molecular complexity index is 415. The van der Waals surface area contributed by atoms with Gasteiger partial charge in [0.2, 0.25) is 5.91 Å². The number of rotatable bonds is 8. The fraction of sp³-hybridized carbons (Fsp3) is 0.562. The highest BCUT2D eigenvalue weighted by Crippen LogP contribution is 2.20. The van der Waals surface area contributed by atoms with Gasteiger partial charge in [0.25, 0.3) is 0 Å². The number of methoxy groups -OCH3 is 1. The highest BCUT2D eigenvalue weighted by atomic mass is 79.9. The molecule has 112 valence electrons. The van der Waals surface area contributed by atoms with Gasteiger partial charge in [-0.25, -0.2) is 0 Å². The molecule has 0 unspecified atom stereocenters. The van der Waals surface area contributed by atoms with Crippen LogP contribution >= 0.6 is 15.9 Å². The minimum absolute atomic E-state index is 0.114. The van der Waals surface area contributed by atoms with Gasteiger partial charge in [-0.2, -0.15) is 0 Å². The van der Waals surface area contributed by atoms with Crippen LogP contribution in [0.2, 0.25) is 0 Å². The molecule has 0 atom stereocenters. The van der Waals surface area contributed by atoms with Crippen molar-refractivity contribution in [2.75, 3.05) is 19.0 Å². The van der Waals surface area contributed by atoms with Crippen LogP contribution < -0.4 is 10.1 Å². The number of halogens is 1. The van der Waals surface area contributed by atoms with Gasteiger partial charge >= 0.3 is 0 Å². The van der Waals surface area contributed by atoms with Crippen molar-refractivity contribution < 1.29 is 9.53 Å². The Morgan fingerprint density at radius 2 is 1.95 bits per heavy atom. The highest BCUT2D eigenvalue weighted by Gasteiger charge is 2.17. The molecule has 0 aliphatic heterocycles. The molecule has 0 spiro atoms. The van der Waals surface area contributed by atoms with Gasteiger partial charge in [-0.1, -0.05) is 41.9 Å². The largest absolute Gasteiger partial charge is 0.497 e. The number of carbonyl (C=O) groups excluding carboxylic acids is 1. The minimum Gasteiger partial charge on any atom is -0.497 e. The van der Waals surface area contributed by atoms with Crippen molar-refractivity contribution in [3.63, 3.8) is 0 Å². The first-order chi connectivity index (χ1) is 9.46. The lowest BCUT2D eigenvalue weighted by molar-refractivity contribution is -0.121. The summed E-state index contributed by atoms with van der Waals surface area (Å²) in [7, 11) is 1.65. The fourth-order valence-corrected chi connectivity index (χ4v) is 2.89. The van der Waals surface area contributed by atoms with Gasteiger partial charge in [0.05, 0.1) is 7.11 Å². The zero-order valence-corrected chi connectivity index (χ0v) is 14.1. The molecule has 0 radical (unpaired) electrons. The lowest BCUT2D eigenvalue weighted by Crippen LogP contribution is -2.34. The molecule has 0 bridgehead atoms. The first-order valence-electron chi connectivity index (χ1n) is 6.92. The second-order valence-electron chi connectivity index (χ2n) is 5.73. The lowest BCUT2D eigenvalue weighted by atomic mass is 9.90. The van der Waals surface area contributed by atoms with E-state index in [1.165, 1.54) is 0 Å². The van der Waals surface area contributed by atoms with Crippen LogP contribution in [-0.2, 0) is 11.2 Å². The summed E-state index contributed by atoms with van der Waals surface area (Å²) in [5, 5.41) is 3.98. The third kappa shape index (κ3) is 6.42. The molecular weight excluding hydrogens is 318 g/mol. The summed E-state index contributed by atoms with van der Waals surface area (Å²) in [6.07, 6.45) is 2.33. The third-order valence-electron chi connectivity index (χ3n) is 3.34. The van der Waals surface area contributed by atoms with Gasteiger partial charge in [0, 0.05) is 18.3 Å². The Balaban J connectivity index is 2.32. The number of nitrogens with one attached hydrogen (secondary N) is 1. The average molecular weight is 342 g/mol. The van der Waals surface area contributed by atoms with Crippen molar-refractivity contribution in [2.24, 2.45) is 5.41 Å². The zero-order valence-electron chi connectivity index (χ0n) is 12.5. The van der Waals surface area contributed by atoms with Gasteiger partial charge in [0.1, 0.15) is 5.75 Å². The molecule has 4 heteroatoms. The van der Waals surface area contributed by atoms with Crippen molar-refractivity contribution in [3.05, 3.63) is 29.8 Å². The van der Waals surface area contributed by atoms with Crippen LogP contribution in [0.15, 0.2) is 24.3 Å². The molecule has 0 heterocycles. The van der Waals surface area contributed by atoms with E-state index in [0.717, 1.165) is 36.0 Å². The van der Waals surface area contributed by atoms with Gasteiger partial charge in [-0.05, 0) is 36.0 Å². The van der Waals surface area contributed by atoms with E-state index >= 15 is 0 Å². The van der Waals surface area contributed by atoms with E-state index in [4.69, 9.17) is 4.74 Å². The highest BCUT2D eigenvalue weighted by molar-refractivity contribution is 9.09. The minimum atomic E-state index is 0.114. The molecule has 0 fully saturated rings. The van der Waals surface area contributed by atoms with E-state index in [1.54, 1.807) is 7.11 Å². The molecule has 1 rings (SSSR count). The molecule has 0 saturated heterocycles. The number of hydrogen-bond acceptors (Lipinski definition) is 2. The molecule has 3 nitrogen and oxygen atoms in total. The maximum Gasteiger partial charge on any atom is 0.220 e. The molecule has 1 N–H and O–H groups in total. The van der Waals surface area contributed by atoms with Crippen molar-refractivity contribution in [3.8, 4) is 5.75 Å². The van der Waals surface area contributed by atoms with Crippen LogP contribution in [0.5, 0.6) is 5.75 Å². The quantitative estimate of drug-likeness (QED) is 0.734. The van der Waals surface area contributed by atoms with Crippen molar-refractivity contribution in [1.82, 2.24) is 5.32 Å². The monoisotopic (exact) mass is 341 g/mol. The molecule has 1 aromatic rings. The summed E-state index contributed by atoms with van der Waals surface area (Å²) < 4.78 is 5.11. The standard InChI is InChI=1S/C16H24BrNO2/c1-16(2,10-11-17)12-18-15(19)9-6-13-4-7-14(20-3)8-5-13/h4-5,7-8H,6,9-12H2,1-3H3,(H,18,19). The first-order valence-corrected chi connectivity index (χ1v) is 8.04. The number of alkyl halides is 1. The molecule has 0 saturated carbocycles. The molecule has 20 heavy (non-hydrogen) atoms. The van der Waals surface area contributed by atoms with Crippen LogP contribution in [0, 0.1) is 5.41 Å². The summed E-state index contributed by atoms with van der Waals surface area (Å²) in [5.74, 6) is 0.957. The van der Waals surface area contributed by atoms with Crippen molar-refractivity contribution >= 4 is 21.8 Å². The lowest BCUT2D eigenvalue weighted by Gasteiger charge is -2.23. The van der Waals surface area contributed by atoms with Crippen LogP contribution in [0.1, 0.15) is 32.3 Å². The normalized spacial score (nSPS) is 11.2. The predicted molar refractivity (Wildman–Crippen MR) is 86.5 cm³/mol. The van der Waals surface area contributed by atoms with E-state index in [0.29, 0.717) is 6.42 Å². The van der Waals surface area contributed by atoms with Gasteiger partial charge < -0.3 is 10.1 Å². The number of carbonyl (C=O) groups is 1. The van der Waals surface area contributed by atoms with Crippen LogP contribution in [0.3, 0.4) is 0 Å². The summed E-state index contributed by atoms with van der Waals surface area (Å²) in [5.41, 5.74) is 1.29. The third-order valence-corrected chi connectivity index (χ3v) is 3.73. The Morgan fingerprint density at radius 3 is 2.50 bits per heavy atom. The Kier molecular flexibility index (Phi) is 7.06. The SMILES string of the molecule is COc1ccc(CCC(=O)NCC(C)(C)CCBr)cc1. The first kappa shape index (κ1) is 17.0. The van der Waals surface area contributed by atoms with Crippen molar-refractivity contribution in [2.45, 2.75) is 33.1 Å². The zero-order chi connectivity index (χ0) is 15.0. The van der Waals surface area contributed by atoms with E-state index < -0.39 is 0 Å². The second kappa shape index (κ2) is 8.30. The van der Waals surface area contributed by atoms with Crippen LogP contribution in [0.4, 0.5) is 0 Å². The van der Waals surface area contributed by atoms with Gasteiger partial charge in [-0.3, -0.25) is 4.79 Å². The molecular formula is C16H24BrNO2. The number of amides is 1. The number of ether oxygens (including phenoxy) is 1. The summed E-state index contributed by atoms with van der Waals surface area (Å²) in [6, 6.07) is 7.85. The fourth-order valence-electron chi connectivity index (χ4n) is 1.82. The van der Waals surface area contributed by atoms with E-state index in [9.17, 15) is 4.79 Å². The predicted octanol–water partition coefficient (Wildman–Crippen LogP) is 3.56. The smallest absolute Gasteiger partial charge is 0.220 e. The van der Waals surface area contributed by atoms with Crippen LogP contribution in [-0.4, -0.2) is 24.9 Å². The molecule has 0 aliphatic rings. The van der Waals surface area contributed by atoms with Crippen LogP contribution in [0.25, 0.3) is 0 Å². The maximum absolute atomic E-state index is 11.8. The van der Waals surface area contributed by atoms with E-state index in [-0.39, 0.29) is 11.3 Å². The maximum atomic E-state index is 11.8. The number of benzene rings is 1. The van der Waals surface area contributed by atoms with Gasteiger partial charge in [0.15, 0.2) is 0 Å². The Labute approximate surface area is 130 Å². The molecule has 1 amide bonds. The second-order valence-corrected chi connectivity index (χ2v) is 6.52.